The van der Waals surface area contributed by atoms with Crippen LogP contribution in [0, 0.1) is 0 Å². The van der Waals surface area contributed by atoms with Gasteiger partial charge in [-0.3, -0.25) is 9.36 Å². The quantitative estimate of drug-likeness (QED) is 0.349. The maximum Gasteiger partial charge on any atom is 0.234 e. The van der Waals surface area contributed by atoms with Crippen molar-refractivity contribution >= 4 is 39.3 Å². The van der Waals surface area contributed by atoms with E-state index in [2.05, 4.69) is 38.0 Å². The lowest BCUT2D eigenvalue weighted by atomic mass is 10.2. The smallest absolute Gasteiger partial charge is 0.234 e. The monoisotopic (exact) mass is 472 g/mol. The van der Waals surface area contributed by atoms with E-state index < -0.39 is 0 Å². The number of rotatable bonds is 9. The van der Waals surface area contributed by atoms with Crippen molar-refractivity contribution in [2.75, 3.05) is 17.7 Å². The molecule has 1 aromatic heterocycles. The summed E-state index contributed by atoms with van der Waals surface area (Å²) in [6.07, 6.45) is 1.79. The standard InChI is InChI=1S/C21H21BrN4O2S/c1-3-13-26-20(17-7-5-6-8-18(17)22)24-25-21(26)29-14-19(27)23-15-9-11-16(12-10-15)28-4-2/h3,5-12H,1,4,13-14H2,2H3,(H,23,27). The fraction of sp³-hybridized carbons (Fsp3) is 0.190. The van der Waals surface area contributed by atoms with Crippen LogP contribution in [-0.2, 0) is 11.3 Å². The number of anilines is 1. The van der Waals surface area contributed by atoms with E-state index in [0.29, 0.717) is 18.3 Å². The van der Waals surface area contributed by atoms with Crippen LogP contribution in [0.15, 0.2) is 70.8 Å². The summed E-state index contributed by atoms with van der Waals surface area (Å²) in [5.41, 5.74) is 1.66. The van der Waals surface area contributed by atoms with E-state index in [4.69, 9.17) is 4.74 Å². The average Bonchev–Trinajstić information content (AvgIpc) is 3.11. The van der Waals surface area contributed by atoms with Crippen molar-refractivity contribution in [2.45, 2.75) is 18.6 Å². The highest BCUT2D eigenvalue weighted by Crippen LogP contribution is 2.29. The highest BCUT2D eigenvalue weighted by molar-refractivity contribution is 9.10. The Morgan fingerprint density at radius 1 is 1.24 bits per heavy atom. The summed E-state index contributed by atoms with van der Waals surface area (Å²) in [5.74, 6) is 1.61. The maximum atomic E-state index is 12.3. The molecule has 3 aromatic rings. The molecule has 0 spiro atoms. The number of amides is 1. The summed E-state index contributed by atoms with van der Waals surface area (Å²) < 4.78 is 8.29. The number of nitrogens with zero attached hydrogens (tertiary/aromatic N) is 3. The third-order valence-corrected chi connectivity index (χ3v) is 5.58. The molecule has 2 aromatic carbocycles. The molecule has 3 rings (SSSR count). The van der Waals surface area contributed by atoms with Crippen LogP contribution in [0.4, 0.5) is 5.69 Å². The van der Waals surface area contributed by atoms with Crippen molar-refractivity contribution in [1.29, 1.82) is 0 Å². The maximum absolute atomic E-state index is 12.3. The van der Waals surface area contributed by atoms with Crippen LogP contribution < -0.4 is 10.1 Å². The first kappa shape index (κ1) is 21.1. The fourth-order valence-electron chi connectivity index (χ4n) is 2.66. The van der Waals surface area contributed by atoms with Crippen molar-refractivity contribution in [1.82, 2.24) is 14.8 Å². The molecule has 0 saturated carbocycles. The van der Waals surface area contributed by atoms with E-state index in [1.807, 2.05) is 60.0 Å². The highest BCUT2D eigenvalue weighted by Gasteiger charge is 2.16. The molecule has 0 aliphatic heterocycles. The largest absolute Gasteiger partial charge is 0.494 e. The van der Waals surface area contributed by atoms with Gasteiger partial charge in [-0.25, -0.2) is 0 Å². The highest BCUT2D eigenvalue weighted by atomic mass is 79.9. The minimum absolute atomic E-state index is 0.116. The van der Waals surface area contributed by atoms with Gasteiger partial charge in [0.2, 0.25) is 5.91 Å². The first-order valence-electron chi connectivity index (χ1n) is 9.07. The molecule has 1 heterocycles. The summed E-state index contributed by atoms with van der Waals surface area (Å²) in [6, 6.07) is 15.1. The number of carbonyl (C=O) groups is 1. The molecule has 0 bridgehead atoms. The lowest BCUT2D eigenvalue weighted by Gasteiger charge is -2.09. The molecule has 0 atom stereocenters. The average molecular weight is 473 g/mol. The second-order valence-electron chi connectivity index (χ2n) is 5.98. The van der Waals surface area contributed by atoms with Gasteiger partial charge in [-0.2, -0.15) is 0 Å². The van der Waals surface area contributed by atoms with Gasteiger partial charge in [0.25, 0.3) is 0 Å². The number of ether oxygens (including phenoxy) is 1. The second kappa shape index (κ2) is 10.3. The number of carbonyl (C=O) groups excluding carboxylic acids is 1. The SMILES string of the molecule is C=CCn1c(SCC(=O)Nc2ccc(OCC)cc2)nnc1-c1ccccc1Br. The number of nitrogens with one attached hydrogen (secondary N) is 1. The van der Waals surface area contributed by atoms with Crippen LogP contribution in [0.2, 0.25) is 0 Å². The van der Waals surface area contributed by atoms with Crippen LogP contribution in [0.5, 0.6) is 5.75 Å². The molecule has 0 unspecified atom stereocenters. The third-order valence-electron chi connectivity index (χ3n) is 3.92. The first-order valence-corrected chi connectivity index (χ1v) is 10.8. The number of halogens is 1. The fourth-order valence-corrected chi connectivity index (χ4v) is 3.87. The van der Waals surface area contributed by atoms with Gasteiger partial charge in [0.1, 0.15) is 5.75 Å². The normalized spacial score (nSPS) is 10.6. The van der Waals surface area contributed by atoms with Crippen molar-refractivity contribution in [3.05, 3.63) is 65.7 Å². The van der Waals surface area contributed by atoms with Gasteiger partial charge in [0.05, 0.1) is 12.4 Å². The molecule has 0 saturated heterocycles. The topological polar surface area (TPSA) is 69.0 Å². The van der Waals surface area contributed by atoms with E-state index in [0.717, 1.165) is 27.3 Å². The van der Waals surface area contributed by atoms with Gasteiger partial charge in [-0.1, -0.05) is 52.0 Å². The van der Waals surface area contributed by atoms with Gasteiger partial charge in [-0.05, 0) is 37.3 Å². The van der Waals surface area contributed by atoms with Crippen LogP contribution in [0.1, 0.15) is 6.92 Å². The summed E-state index contributed by atoms with van der Waals surface area (Å²) in [5, 5.41) is 12.1. The number of allylic oxidation sites excluding steroid dienone is 1. The van der Waals surface area contributed by atoms with E-state index in [1.165, 1.54) is 11.8 Å². The predicted molar refractivity (Wildman–Crippen MR) is 120 cm³/mol. The van der Waals surface area contributed by atoms with Gasteiger partial charge in [0.15, 0.2) is 11.0 Å². The predicted octanol–water partition coefficient (Wildman–Crippen LogP) is 5.02. The van der Waals surface area contributed by atoms with Gasteiger partial charge in [-0.15, -0.1) is 16.8 Å². The van der Waals surface area contributed by atoms with E-state index in [-0.39, 0.29) is 11.7 Å². The van der Waals surface area contributed by atoms with Crippen LogP contribution in [0.25, 0.3) is 11.4 Å². The van der Waals surface area contributed by atoms with Crippen LogP contribution in [0.3, 0.4) is 0 Å². The molecule has 29 heavy (non-hydrogen) atoms. The molecule has 8 heteroatoms. The van der Waals surface area contributed by atoms with Crippen molar-refractivity contribution in [2.24, 2.45) is 0 Å². The number of thioether (sulfide) groups is 1. The Morgan fingerprint density at radius 3 is 2.69 bits per heavy atom. The van der Waals surface area contributed by atoms with Crippen LogP contribution in [-0.4, -0.2) is 33.0 Å². The zero-order chi connectivity index (χ0) is 20.6. The lowest BCUT2D eigenvalue weighted by Crippen LogP contribution is -2.14. The number of aromatic nitrogens is 3. The second-order valence-corrected chi connectivity index (χ2v) is 7.78. The molecular formula is C21H21BrN4O2S. The summed E-state index contributed by atoms with van der Waals surface area (Å²) in [6.45, 7) is 6.90. The Bertz CT molecular complexity index is 989. The zero-order valence-electron chi connectivity index (χ0n) is 16.0. The number of hydrogen-bond acceptors (Lipinski definition) is 5. The van der Waals surface area contributed by atoms with Gasteiger partial charge >= 0.3 is 0 Å². The van der Waals surface area contributed by atoms with Crippen molar-refractivity contribution < 1.29 is 9.53 Å². The number of benzene rings is 2. The Hall–Kier alpha value is -2.58. The van der Waals surface area contributed by atoms with Crippen LogP contribution >= 0.6 is 27.7 Å². The van der Waals surface area contributed by atoms with Crippen molar-refractivity contribution in [3.63, 3.8) is 0 Å². The van der Waals surface area contributed by atoms with Gasteiger partial charge in [0, 0.05) is 22.3 Å². The molecular weight excluding hydrogens is 452 g/mol. The molecule has 0 aliphatic carbocycles. The molecule has 1 N–H and O–H groups in total. The zero-order valence-corrected chi connectivity index (χ0v) is 18.4. The summed E-state index contributed by atoms with van der Waals surface area (Å²) in [4.78, 5) is 12.3. The lowest BCUT2D eigenvalue weighted by molar-refractivity contribution is -0.113. The minimum Gasteiger partial charge on any atom is -0.494 e. The van der Waals surface area contributed by atoms with Gasteiger partial charge < -0.3 is 10.1 Å². The minimum atomic E-state index is -0.116. The van der Waals surface area contributed by atoms with E-state index in [9.17, 15) is 4.79 Å². The van der Waals surface area contributed by atoms with Crippen molar-refractivity contribution in [3.8, 4) is 17.1 Å². The molecule has 1 amide bonds. The third kappa shape index (κ3) is 5.48. The first-order chi connectivity index (χ1) is 14.1. The molecule has 0 radical (unpaired) electrons. The molecule has 6 nitrogen and oxygen atoms in total. The molecule has 150 valence electrons. The van der Waals surface area contributed by atoms with E-state index >= 15 is 0 Å². The summed E-state index contributed by atoms with van der Waals surface area (Å²) >= 11 is 4.89. The number of hydrogen-bond donors (Lipinski definition) is 1. The van der Waals surface area contributed by atoms with E-state index in [1.54, 1.807) is 6.08 Å². The Balaban J connectivity index is 1.67. The Kier molecular flexibility index (Phi) is 7.48. The molecule has 0 aliphatic rings. The Morgan fingerprint density at radius 2 is 2.00 bits per heavy atom. The Labute approximate surface area is 182 Å². The molecule has 0 fully saturated rings. The summed E-state index contributed by atoms with van der Waals surface area (Å²) in [7, 11) is 0.